The number of aliphatic carboxylic acids is 1. The van der Waals surface area contributed by atoms with Crippen LogP contribution in [0.4, 0.5) is 8.78 Å². The molecule has 0 unspecified atom stereocenters. The summed E-state index contributed by atoms with van der Waals surface area (Å²) in [7, 11) is 0. The van der Waals surface area contributed by atoms with Crippen LogP contribution in [0.2, 0.25) is 0 Å². The van der Waals surface area contributed by atoms with Crippen LogP contribution in [-0.2, 0) is 4.79 Å². The lowest BCUT2D eigenvalue weighted by Gasteiger charge is -2.12. The Morgan fingerprint density at radius 1 is 1.33 bits per heavy atom. The van der Waals surface area contributed by atoms with Crippen molar-refractivity contribution < 1.29 is 18.7 Å². The van der Waals surface area contributed by atoms with E-state index in [1.165, 1.54) is 0 Å². The smallest absolute Gasteiger partial charge is 0.309 e. The maximum atomic E-state index is 13.0. The van der Waals surface area contributed by atoms with Crippen LogP contribution in [0.15, 0.2) is 35.2 Å². The van der Waals surface area contributed by atoms with E-state index in [0.717, 1.165) is 11.8 Å². The molecule has 0 saturated carbocycles. The third kappa shape index (κ3) is 4.78. The van der Waals surface area contributed by atoms with Gasteiger partial charge in [0.25, 0.3) is 5.92 Å². The van der Waals surface area contributed by atoms with Gasteiger partial charge >= 0.3 is 5.97 Å². The molecular weight excluding hydrogens is 222 g/mol. The maximum Gasteiger partial charge on any atom is 0.309 e. The first-order chi connectivity index (χ1) is 6.99. The molecule has 0 atom stereocenters. The molecule has 0 radical (unpaired) electrons. The topological polar surface area (TPSA) is 37.3 Å². The third-order valence-electron chi connectivity index (χ3n) is 1.60. The molecule has 1 aromatic rings. The summed E-state index contributed by atoms with van der Waals surface area (Å²) in [6, 6.07) is 8.71. The van der Waals surface area contributed by atoms with Crippen LogP contribution in [0.5, 0.6) is 0 Å². The highest BCUT2D eigenvalue weighted by Gasteiger charge is 2.32. The first-order valence-electron chi connectivity index (χ1n) is 4.27. The van der Waals surface area contributed by atoms with Gasteiger partial charge in [-0.1, -0.05) is 18.2 Å². The summed E-state index contributed by atoms with van der Waals surface area (Å²) in [5.74, 6) is -5.15. The van der Waals surface area contributed by atoms with E-state index >= 15 is 0 Å². The Morgan fingerprint density at radius 2 is 1.93 bits per heavy atom. The van der Waals surface area contributed by atoms with Crippen molar-refractivity contribution in [3.8, 4) is 0 Å². The number of carbonyl (C=O) groups is 1. The van der Waals surface area contributed by atoms with Gasteiger partial charge in [0, 0.05) is 4.90 Å². The summed E-state index contributed by atoms with van der Waals surface area (Å²) >= 11 is 0.956. The number of rotatable bonds is 5. The molecule has 82 valence electrons. The van der Waals surface area contributed by atoms with Crippen molar-refractivity contribution in [3.05, 3.63) is 30.3 Å². The SMILES string of the molecule is O=C(O)CC(F)(F)CSc1ccccc1. The highest BCUT2D eigenvalue weighted by Crippen LogP contribution is 2.28. The van der Waals surface area contributed by atoms with Gasteiger partial charge in [-0.25, -0.2) is 8.78 Å². The van der Waals surface area contributed by atoms with E-state index in [0.29, 0.717) is 4.90 Å². The highest BCUT2D eigenvalue weighted by atomic mass is 32.2. The zero-order valence-electron chi connectivity index (χ0n) is 7.82. The summed E-state index contributed by atoms with van der Waals surface area (Å²) in [6.45, 7) is 0. The van der Waals surface area contributed by atoms with E-state index in [4.69, 9.17) is 5.11 Å². The molecule has 2 nitrogen and oxygen atoms in total. The fourth-order valence-electron chi connectivity index (χ4n) is 0.978. The monoisotopic (exact) mass is 232 g/mol. The minimum Gasteiger partial charge on any atom is -0.481 e. The molecule has 0 aliphatic carbocycles. The van der Waals surface area contributed by atoms with E-state index in [-0.39, 0.29) is 0 Å². The Morgan fingerprint density at radius 3 is 2.47 bits per heavy atom. The molecule has 0 fully saturated rings. The Kier molecular flexibility index (Phi) is 4.08. The van der Waals surface area contributed by atoms with Crippen LogP contribution in [0.1, 0.15) is 6.42 Å². The fraction of sp³-hybridized carbons (Fsp3) is 0.300. The molecule has 5 heteroatoms. The zero-order valence-corrected chi connectivity index (χ0v) is 8.64. The van der Waals surface area contributed by atoms with Gasteiger partial charge in [-0.3, -0.25) is 4.79 Å². The second-order valence-electron chi connectivity index (χ2n) is 3.03. The van der Waals surface area contributed by atoms with E-state index in [9.17, 15) is 13.6 Å². The lowest BCUT2D eigenvalue weighted by Crippen LogP contribution is -2.23. The first-order valence-corrected chi connectivity index (χ1v) is 5.26. The Labute approximate surface area is 90.3 Å². The van der Waals surface area contributed by atoms with Gasteiger partial charge in [0.2, 0.25) is 0 Å². The molecule has 15 heavy (non-hydrogen) atoms. The number of alkyl halides is 2. The van der Waals surface area contributed by atoms with Gasteiger partial charge in [0.15, 0.2) is 0 Å². The van der Waals surface area contributed by atoms with Crippen LogP contribution in [-0.4, -0.2) is 22.8 Å². The maximum absolute atomic E-state index is 13.0. The van der Waals surface area contributed by atoms with E-state index in [1.54, 1.807) is 30.3 Å². The highest BCUT2D eigenvalue weighted by molar-refractivity contribution is 7.99. The van der Waals surface area contributed by atoms with Crippen LogP contribution in [0.3, 0.4) is 0 Å². The van der Waals surface area contributed by atoms with Crippen molar-refractivity contribution in [2.45, 2.75) is 17.2 Å². The van der Waals surface area contributed by atoms with Gasteiger partial charge in [0.05, 0.1) is 5.75 Å². The summed E-state index contributed by atoms with van der Waals surface area (Å²) in [5.41, 5.74) is 0. The van der Waals surface area contributed by atoms with E-state index in [1.807, 2.05) is 0 Å². The van der Waals surface area contributed by atoms with Gasteiger partial charge in [-0.05, 0) is 12.1 Å². The molecule has 0 aliphatic rings. The standard InChI is InChI=1S/C10H10F2O2S/c11-10(12,6-9(13)14)7-15-8-4-2-1-3-5-8/h1-5H,6-7H2,(H,13,14). The normalized spacial score (nSPS) is 11.3. The molecule has 0 bridgehead atoms. The average molecular weight is 232 g/mol. The number of benzene rings is 1. The van der Waals surface area contributed by atoms with Crippen molar-refractivity contribution in [2.24, 2.45) is 0 Å². The lowest BCUT2D eigenvalue weighted by molar-refractivity contribution is -0.143. The minimum absolute atomic E-state index is 0.511. The average Bonchev–Trinajstić information content (AvgIpc) is 2.15. The fourth-order valence-corrected chi connectivity index (χ4v) is 1.81. The number of halogens is 2. The number of carboxylic acid groups (broad SMARTS) is 1. The molecule has 0 amide bonds. The van der Waals surface area contributed by atoms with Crippen molar-refractivity contribution in [1.82, 2.24) is 0 Å². The first kappa shape index (κ1) is 12.0. The zero-order chi connectivity index (χ0) is 11.3. The van der Waals surface area contributed by atoms with Crippen LogP contribution in [0.25, 0.3) is 0 Å². The number of thioether (sulfide) groups is 1. The number of carboxylic acids is 1. The van der Waals surface area contributed by atoms with Crippen molar-refractivity contribution in [1.29, 1.82) is 0 Å². The molecular formula is C10H10F2O2S. The molecule has 0 saturated heterocycles. The summed E-state index contributed by atoms with van der Waals surface area (Å²) in [6.07, 6.45) is -1.12. The van der Waals surface area contributed by atoms with Crippen molar-refractivity contribution in [2.75, 3.05) is 5.75 Å². The third-order valence-corrected chi connectivity index (χ3v) is 2.78. The van der Waals surface area contributed by atoms with Crippen LogP contribution < -0.4 is 0 Å². The predicted molar refractivity (Wildman–Crippen MR) is 54.4 cm³/mol. The van der Waals surface area contributed by atoms with Gasteiger partial charge in [-0.15, -0.1) is 11.8 Å². The predicted octanol–water partition coefficient (Wildman–Crippen LogP) is 2.89. The lowest BCUT2D eigenvalue weighted by atomic mass is 10.3. The van der Waals surface area contributed by atoms with Gasteiger partial charge < -0.3 is 5.11 Å². The summed E-state index contributed by atoms with van der Waals surface area (Å²) < 4.78 is 25.9. The minimum atomic E-state index is -3.16. The van der Waals surface area contributed by atoms with E-state index in [2.05, 4.69) is 0 Å². The second-order valence-corrected chi connectivity index (χ2v) is 4.08. The molecule has 1 aromatic carbocycles. The van der Waals surface area contributed by atoms with Crippen molar-refractivity contribution >= 4 is 17.7 Å². The Hall–Kier alpha value is -1.10. The molecule has 0 aliphatic heterocycles. The molecule has 0 aromatic heterocycles. The number of hydrogen-bond donors (Lipinski definition) is 1. The molecule has 0 heterocycles. The van der Waals surface area contributed by atoms with Gasteiger partial charge in [0.1, 0.15) is 6.42 Å². The summed E-state index contributed by atoms with van der Waals surface area (Å²) in [5, 5.41) is 8.26. The molecule has 1 N–H and O–H groups in total. The second kappa shape index (κ2) is 5.11. The number of hydrogen-bond acceptors (Lipinski definition) is 2. The Balaban J connectivity index is 2.46. The molecule has 1 rings (SSSR count). The summed E-state index contributed by atoms with van der Waals surface area (Å²) in [4.78, 5) is 10.8. The Bertz CT molecular complexity index is 327. The van der Waals surface area contributed by atoms with Crippen LogP contribution >= 0.6 is 11.8 Å². The van der Waals surface area contributed by atoms with Crippen LogP contribution in [0, 0.1) is 0 Å². The quantitative estimate of drug-likeness (QED) is 0.793. The van der Waals surface area contributed by atoms with Crippen molar-refractivity contribution in [3.63, 3.8) is 0 Å². The largest absolute Gasteiger partial charge is 0.481 e. The van der Waals surface area contributed by atoms with Gasteiger partial charge in [-0.2, -0.15) is 0 Å². The molecule has 0 spiro atoms. The van der Waals surface area contributed by atoms with E-state index < -0.39 is 24.1 Å².